The number of phenols is 1. The number of aromatic hydroxyl groups is 1. The highest BCUT2D eigenvalue weighted by Gasteiger charge is 2.55. The molecule has 5 aliphatic carbocycles. The summed E-state index contributed by atoms with van der Waals surface area (Å²) in [6.07, 6.45) is 11.9. The number of allylic oxidation sites excluding steroid dienone is 4. The monoisotopic (exact) mass is 1540 g/mol. The van der Waals surface area contributed by atoms with E-state index in [-0.39, 0.29) is 127 Å². The highest BCUT2D eigenvalue weighted by Crippen LogP contribution is 2.50. The smallest absolute Gasteiger partial charge is 0.189 e. The van der Waals surface area contributed by atoms with Crippen LogP contribution in [0.15, 0.2) is 108 Å². The number of ether oxygens (including phenoxy) is 10. The first-order valence-corrected chi connectivity index (χ1v) is 36.9. The molecular formula is C84H90F10O16. The average molecular weight is 1550 g/mol. The van der Waals surface area contributed by atoms with Crippen molar-refractivity contribution >= 4 is 28.9 Å². The summed E-state index contributed by atoms with van der Waals surface area (Å²) in [6.45, 7) is 16.2. The number of phenolic OH excluding ortho intramolecular Hbond substituents is 1. The molecule has 1 saturated carbocycles. The van der Waals surface area contributed by atoms with Crippen molar-refractivity contribution in [2.75, 3.05) is 34.0 Å². The van der Waals surface area contributed by atoms with Gasteiger partial charge in [0.05, 0.1) is 6.10 Å². The van der Waals surface area contributed by atoms with Crippen molar-refractivity contribution < 1.29 is 120 Å². The Hall–Kier alpha value is -8.53. The molecule has 592 valence electrons. The van der Waals surface area contributed by atoms with Gasteiger partial charge in [-0.05, 0) is 226 Å². The molecule has 0 amide bonds. The zero-order valence-electron chi connectivity index (χ0n) is 62.7. The maximum Gasteiger partial charge on any atom is 0.189 e. The van der Waals surface area contributed by atoms with Crippen LogP contribution in [-0.2, 0) is 103 Å². The Morgan fingerprint density at radius 1 is 0.345 bits per heavy atom. The molecule has 110 heavy (non-hydrogen) atoms. The molecule has 15 rings (SSSR count). The Morgan fingerprint density at radius 3 is 0.918 bits per heavy atom. The van der Waals surface area contributed by atoms with Gasteiger partial charge in [-0.2, -0.15) is 0 Å². The van der Waals surface area contributed by atoms with Crippen molar-refractivity contribution in [2.24, 2.45) is 29.6 Å². The van der Waals surface area contributed by atoms with Gasteiger partial charge in [0.25, 0.3) is 0 Å². The third-order valence-electron chi connectivity index (χ3n) is 23.4. The van der Waals surface area contributed by atoms with E-state index in [2.05, 4.69) is 0 Å². The summed E-state index contributed by atoms with van der Waals surface area (Å²) >= 11 is 0. The number of carbonyl (C=O) groups excluding carboxylic acids is 5. The van der Waals surface area contributed by atoms with Crippen LogP contribution in [0.25, 0.3) is 0 Å². The van der Waals surface area contributed by atoms with Gasteiger partial charge in [0.2, 0.25) is 0 Å². The Labute approximate surface area is 631 Å². The number of fused-ring (bicyclic) bond motifs is 5. The second-order valence-corrected chi connectivity index (χ2v) is 30.4. The third kappa shape index (κ3) is 17.2. The van der Waals surface area contributed by atoms with Crippen LogP contribution in [0.3, 0.4) is 0 Å². The summed E-state index contributed by atoms with van der Waals surface area (Å²) in [5.41, 5.74) is -0.843. The molecule has 6 fully saturated rings. The number of hydrogen-bond donors (Lipinski definition) is 1. The minimum absolute atomic E-state index is 0.0101. The SMILES string of the molecule is C[C@@H](Cc1cc(F)c(O)cc1F)[C@]12CCC(=O)C=C1OCO2.Cc1cc(F)c(C[C@H](C)[C@]23CCC(=O)C=C2OCO3)cc1F.Cc1cc(F)c(C[C@H](C)[C@]23CCC(=O)C=C2OCO3)cc1F.Cc1cc(F)c(C[C@H](C)[C@]23CCC(=O)C=C2OCO3)cc1F.Cc1cc(F)c(C[C@H](C)[C@]23CCC(=O)CC2OCO3)cc1F. The van der Waals surface area contributed by atoms with Gasteiger partial charge in [0.15, 0.2) is 61.9 Å². The quantitative estimate of drug-likeness (QED) is 0.0970. The maximum absolute atomic E-state index is 14.1. The van der Waals surface area contributed by atoms with E-state index in [1.807, 2.05) is 34.6 Å². The van der Waals surface area contributed by atoms with Crippen molar-refractivity contribution in [3.8, 4) is 5.75 Å². The molecule has 10 aliphatic rings. The number of carbonyl (C=O) groups is 5. The molecule has 5 aromatic carbocycles. The highest BCUT2D eigenvalue weighted by atomic mass is 19.2. The molecule has 1 unspecified atom stereocenters. The summed E-state index contributed by atoms with van der Waals surface area (Å²) in [5.74, 6) is -4.03. The molecule has 5 saturated heterocycles. The van der Waals surface area contributed by atoms with Crippen molar-refractivity contribution in [1.82, 2.24) is 0 Å². The molecular weight excluding hydrogens is 1450 g/mol. The average Bonchev–Trinajstić information content (AvgIpc) is 1.58. The van der Waals surface area contributed by atoms with Gasteiger partial charge >= 0.3 is 0 Å². The molecule has 0 radical (unpaired) electrons. The zero-order chi connectivity index (χ0) is 79.5. The summed E-state index contributed by atoms with van der Waals surface area (Å²) < 4.78 is 194. The van der Waals surface area contributed by atoms with E-state index in [0.717, 1.165) is 12.1 Å². The molecule has 0 bridgehead atoms. The van der Waals surface area contributed by atoms with Gasteiger partial charge in [0, 0.05) is 68.9 Å². The first-order chi connectivity index (χ1) is 52.1. The topological polar surface area (TPSA) is 198 Å². The van der Waals surface area contributed by atoms with E-state index in [0.29, 0.717) is 147 Å². The van der Waals surface area contributed by atoms with Crippen LogP contribution in [0.1, 0.15) is 155 Å². The minimum Gasteiger partial charge on any atom is -0.505 e. The number of ketones is 5. The van der Waals surface area contributed by atoms with Crippen LogP contribution in [0.5, 0.6) is 5.75 Å². The Morgan fingerprint density at radius 2 is 0.618 bits per heavy atom. The second-order valence-electron chi connectivity index (χ2n) is 30.4. The van der Waals surface area contributed by atoms with Crippen LogP contribution in [0.4, 0.5) is 43.9 Å². The summed E-state index contributed by atoms with van der Waals surface area (Å²) in [5, 5.41) is 9.18. The maximum atomic E-state index is 14.1. The Balaban J connectivity index is 0.000000136. The molecule has 26 heteroatoms. The first-order valence-electron chi connectivity index (χ1n) is 36.9. The molecule has 0 spiro atoms. The molecule has 5 aliphatic heterocycles. The van der Waals surface area contributed by atoms with Crippen LogP contribution in [-0.4, -0.2) is 102 Å². The summed E-state index contributed by atoms with van der Waals surface area (Å²) in [7, 11) is 0. The molecule has 5 heterocycles. The molecule has 5 aromatic rings. The van der Waals surface area contributed by atoms with Gasteiger partial charge in [0.1, 0.15) is 116 Å². The van der Waals surface area contributed by atoms with E-state index in [9.17, 15) is 73.0 Å². The number of benzene rings is 5. The van der Waals surface area contributed by atoms with Crippen LogP contribution >= 0.6 is 0 Å². The van der Waals surface area contributed by atoms with E-state index in [1.54, 1.807) is 6.92 Å². The van der Waals surface area contributed by atoms with Gasteiger partial charge in [-0.1, -0.05) is 34.6 Å². The Kier molecular flexibility index (Phi) is 25.3. The zero-order valence-corrected chi connectivity index (χ0v) is 62.7. The lowest BCUT2D eigenvalue weighted by molar-refractivity contribution is -0.130. The normalized spacial score (nSPS) is 26.2. The minimum atomic E-state index is -0.862. The molecule has 11 atom stereocenters. The van der Waals surface area contributed by atoms with E-state index in [1.165, 1.54) is 93.6 Å². The number of halogens is 10. The highest BCUT2D eigenvalue weighted by molar-refractivity contribution is 5.93. The molecule has 16 nitrogen and oxygen atoms in total. The standard InChI is InChI=1S/C17H20F2O3.3C17H18F2O3.C16H16F2O4/c4*1-10-5-15(19)12(7-14(10)18)6-11(2)17-4-3-13(20)8-16(17)21-9-22-17;1-9(4-10-5-13(18)14(20)7-12(10)17)16-3-2-11(19)6-15(16)21-8-22-16/h5,7,11,16H,3-4,6,8-9H2,1-2H3;3*5,7-8,11H,3-4,6,9H2,1-2H3;5-7,9,20H,2-4,8H2,1H3/t11-,16?,17+;3*11-,17+;9-,16+/m00000/s1. The van der Waals surface area contributed by atoms with E-state index >= 15 is 0 Å². The third-order valence-corrected chi connectivity index (χ3v) is 23.4. The van der Waals surface area contributed by atoms with Gasteiger partial charge in [-0.3, -0.25) is 24.0 Å². The van der Waals surface area contributed by atoms with Crippen molar-refractivity contribution in [1.29, 1.82) is 0 Å². The summed E-state index contributed by atoms with van der Waals surface area (Å²) in [6, 6.07) is 11.6. The number of hydrogen-bond acceptors (Lipinski definition) is 16. The van der Waals surface area contributed by atoms with E-state index < -0.39 is 91.9 Å². The van der Waals surface area contributed by atoms with Crippen molar-refractivity contribution in [3.63, 3.8) is 0 Å². The fourth-order valence-electron chi connectivity index (χ4n) is 16.5. The lowest BCUT2D eigenvalue weighted by Crippen LogP contribution is -2.50. The fraction of sp³-hybridized carbons (Fsp3) is 0.488. The second kappa shape index (κ2) is 33.8. The number of Topliss-reactive ketones (excluding diaryl/α,β-unsaturated/α-hetero) is 1. The van der Waals surface area contributed by atoms with Crippen LogP contribution in [0, 0.1) is 115 Å². The molecule has 0 aromatic heterocycles. The van der Waals surface area contributed by atoms with Crippen molar-refractivity contribution in [2.45, 2.75) is 199 Å². The fourth-order valence-corrected chi connectivity index (χ4v) is 16.5. The number of rotatable bonds is 15. The lowest BCUT2D eigenvalue weighted by atomic mass is 9.72. The van der Waals surface area contributed by atoms with Gasteiger partial charge < -0.3 is 52.5 Å². The van der Waals surface area contributed by atoms with Crippen molar-refractivity contribution in [3.05, 3.63) is 216 Å². The molecule has 1 N–H and O–H groups in total. The first kappa shape index (κ1) is 82.4. The predicted octanol–water partition coefficient (Wildman–Crippen LogP) is 16.5. The largest absolute Gasteiger partial charge is 0.505 e. The number of aryl methyl sites for hydroxylation is 4. The predicted molar refractivity (Wildman–Crippen MR) is 378 cm³/mol. The van der Waals surface area contributed by atoms with E-state index in [4.69, 9.17) is 47.4 Å². The van der Waals surface area contributed by atoms with Crippen LogP contribution in [0.2, 0.25) is 0 Å². The van der Waals surface area contributed by atoms with Gasteiger partial charge in [-0.15, -0.1) is 0 Å². The van der Waals surface area contributed by atoms with Gasteiger partial charge in [-0.25, -0.2) is 43.9 Å². The lowest BCUT2D eigenvalue weighted by Gasteiger charge is -2.40. The Bertz CT molecular complexity index is 4060. The van der Waals surface area contributed by atoms with Crippen LogP contribution < -0.4 is 0 Å². The summed E-state index contributed by atoms with van der Waals surface area (Å²) in [4.78, 5) is 57.8.